The molecule has 2 aromatic rings. The van der Waals surface area contributed by atoms with E-state index in [1.165, 1.54) is 6.07 Å². The molecule has 0 saturated carbocycles. The minimum Gasteiger partial charge on any atom is -0.295 e. The van der Waals surface area contributed by atoms with Crippen molar-refractivity contribution in [1.29, 1.82) is 0 Å². The second kappa shape index (κ2) is 5.31. The molecule has 0 fully saturated rings. The van der Waals surface area contributed by atoms with E-state index < -0.39 is 0 Å². The summed E-state index contributed by atoms with van der Waals surface area (Å²) in [4.78, 5) is 2.11. The minimum absolute atomic E-state index is 0.0337. The number of benzene rings is 1. The quantitative estimate of drug-likeness (QED) is 0.828. The lowest BCUT2D eigenvalue weighted by Gasteiger charge is -2.24. The molecule has 0 bridgehead atoms. The summed E-state index contributed by atoms with van der Waals surface area (Å²) < 4.78 is 15.5. The summed E-state index contributed by atoms with van der Waals surface area (Å²) in [5, 5.41) is 4.14. The van der Waals surface area contributed by atoms with Crippen LogP contribution in [0.2, 0.25) is 0 Å². The molecule has 0 radical (unpaired) electrons. The van der Waals surface area contributed by atoms with E-state index in [-0.39, 0.29) is 11.9 Å². The Balaban J connectivity index is 2.09. The molecule has 2 rings (SSSR count). The molecular formula is C14H18FN3. The van der Waals surface area contributed by atoms with Crippen LogP contribution >= 0.6 is 0 Å². The van der Waals surface area contributed by atoms with Crippen LogP contribution in [0, 0.1) is 5.82 Å². The van der Waals surface area contributed by atoms with Crippen molar-refractivity contribution in [2.24, 2.45) is 7.05 Å². The molecular weight excluding hydrogens is 229 g/mol. The summed E-state index contributed by atoms with van der Waals surface area (Å²) in [6.45, 7) is 2.76. The lowest BCUT2D eigenvalue weighted by molar-refractivity contribution is 0.248. The van der Waals surface area contributed by atoms with Crippen LogP contribution in [-0.2, 0) is 13.6 Å². The van der Waals surface area contributed by atoms with Gasteiger partial charge >= 0.3 is 0 Å². The summed E-state index contributed by atoms with van der Waals surface area (Å²) in [5.74, 6) is -0.150. The Morgan fingerprint density at radius 3 is 2.72 bits per heavy atom. The molecule has 1 aromatic heterocycles. The molecule has 0 saturated heterocycles. The molecule has 1 unspecified atom stereocenters. The number of rotatable bonds is 4. The smallest absolute Gasteiger partial charge is 0.127 e. The van der Waals surface area contributed by atoms with Crippen molar-refractivity contribution in [3.8, 4) is 0 Å². The van der Waals surface area contributed by atoms with Crippen molar-refractivity contribution in [3.05, 3.63) is 53.6 Å². The van der Waals surface area contributed by atoms with Gasteiger partial charge in [0.2, 0.25) is 0 Å². The van der Waals surface area contributed by atoms with Crippen molar-refractivity contribution >= 4 is 0 Å². The Kier molecular flexibility index (Phi) is 3.77. The highest BCUT2D eigenvalue weighted by Crippen LogP contribution is 2.22. The van der Waals surface area contributed by atoms with Crippen molar-refractivity contribution in [2.45, 2.75) is 19.5 Å². The molecule has 0 aliphatic heterocycles. The fourth-order valence-electron chi connectivity index (χ4n) is 2.03. The monoisotopic (exact) mass is 247 g/mol. The van der Waals surface area contributed by atoms with E-state index in [0.29, 0.717) is 0 Å². The van der Waals surface area contributed by atoms with Gasteiger partial charge in [0, 0.05) is 37.0 Å². The van der Waals surface area contributed by atoms with E-state index in [4.69, 9.17) is 0 Å². The molecule has 18 heavy (non-hydrogen) atoms. The molecule has 0 aliphatic carbocycles. The Labute approximate surface area is 107 Å². The van der Waals surface area contributed by atoms with Gasteiger partial charge in [-0.05, 0) is 20.0 Å². The zero-order valence-electron chi connectivity index (χ0n) is 11.0. The first-order valence-electron chi connectivity index (χ1n) is 6.00. The summed E-state index contributed by atoms with van der Waals surface area (Å²) in [5.41, 5.74) is 1.85. The summed E-state index contributed by atoms with van der Waals surface area (Å²) in [6, 6.07) is 6.95. The zero-order valence-corrected chi connectivity index (χ0v) is 11.0. The number of halogens is 1. The lowest BCUT2D eigenvalue weighted by atomic mass is 10.1. The number of hydrogen-bond donors (Lipinski definition) is 0. The van der Waals surface area contributed by atoms with Crippen molar-refractivity contribution in [3.63, 3.8) is 0 Å². The molecule has 1 atom stereocenters. The van der Waals surface area contributed by atoms with Gasteiger partial charge in [-0.1, -0.05) is 18.2 Å². The highest BCUT2D eigenvalue weighted by molar-refractivity contribution is 5.21. The number of aromatic nitrogens is 2. The average Bonchev–Trinajstić information content (AvgIpc) is 2.74. The normalized spacial score (nSPS) is 12.9. The van der Waals surface area contributed by atoms with E-state index in [1.807, 2.05) is 45.5 Å². The van der Waals surface area contributed by atoms with Crippen LogP contribution in [0.15, 0.2) is 36.7 Å². The predicted molar refractivity (Wildman–Crippen MR) is 69.5 cm³/mol. The van der Waals surface area contributed by atoms with Crippen LogP contribution in [0.1, 0.15) is 24.1 Å². The first kappa shape index (κ1) is 12.8. The third-order valence-electron chi connectivity index (χ3n) is 3.21. The zero-order chi connectivity index (χ0) is 13.1. The molecule has 1 aromatic carbocycles. The van der Waals surface area contributed by atoms with Gasteiger partial charge in [0.15, 0.2) is 0 Å². The van der Waals surface area contributed by atoms with Crippen molar-refractivity contribution in [1.82, 2.24) is 14.7 Å². The summed E-state index contributed by atoms with van der Waals surface area (Å²) >= 11 is 0. The molecule has 0 spiro atoms. The Morgan fingerprint density at radius 2 is 2.11 bits per heavy atom. The topological polar surface area (TPSA) is 21.1 Å². The van der Waals surface area contributed by atoms with Gasteiger partial charge < -0.3 is 0 Å². The Morgan fingerprint density at radius 1 is 1.39 bits per heavy atom. The van der Waals surface area contributed by atoms with Gasteiger partial charge in [-0.2, -0.15) is 5.10 Å². The van der Waals surface area contributed by atoms with Crippen LogP contribution in [-0.4, -0.2) is 21.7 Å². The van der Waals surface area contributed by atoms with Gasteiger partial charge in [0.1, 0.15) is 5.82 Å². The molecule has 0 aliphatic rings. The number of aryl methyl sites for hydroxylation is 1. The van der Waals surface area contributed by atoms with Crippen LogP contribution in [0.25, 0.3) is 0 Å². The maximum atomic E-state index is 13.7. The average molecular weight is 247 g/mol. The first-order chi connectivity index (χ1) is 8.58. The molecule has 0 N–H and O–H groups in total. The van der Waals surface area contributed by atoms with Crippen LogP contribution in [0.4, 0.5) is 4.39 Å². The van der Waals surface area contributed by atoms with Crippen LogP contribution in [0.3, 0.4) is 0 Å². The Hall–Kier alpha value is -1.68. The van der Waals surface area contributed by atoms with Gasteiger partial charge in [0.05, 0.1) is 6.20 Å². The summed E-state index contributed by atoms with van der Waals surface area (Å²) in [7, 11) is 3.88. The van der Waals surface area contributed by atoms with Crippen molar-refractivity contribution in [2.75, 3.05) is 7.05 Å². The fourth-order valence-corrected chi connectivity index (χ4v) is 2.03. The van der Waals surface area contributed by atoms with Gasteiger partial charge in [-0.3, -0.25) is 9.58 Å². The van der Waals surface area contributed by atoms with E-state index in [0.717, 1.165) is 17.7 Å². The fraction of sp³-hybridized carbons (Fsp3) is 0.357. The van der Waals surface area contributed by atoms with Gasteiger partial charge in [-0.15, -0.1) is 0 Å². The van der Waals surface area contributed by atoms with Crippen LogP contribution in [0.5, 0.6) is 0 Å². The minimum atomic E-state index is -0.150. The number of nitrogens with zero attached hydrogens (tertiary/aromatic N) is 3. The molecule has 0 amide bonds. The SMILES string of the molecule is CC(c1ccccc1F)N(C)Cc1cnn(C)c1. The van der Waals surface area contributed by atoms with Crippen LogP contribution < -0.4 is 0 Å². The summed E-state index contributed by atoms with van der Waals surface area (Å²) in [6.07, 6.45) is 3.81. The Bertz CT molecular complexity index is 521. The first-order valence-corrected chi connectivity index (χ1v) is 6.00. The van der Waals surface area contributed by atoms with E-state index in [2.05, 4.69) is 10.00 Å². The standard InChI is InChI=1S/C14H18FN3/c1-11(13-6-4-5-7-14(13)15)17(2)9-12-8-16-18(3)10-12/h4-8,10-11H,9H2,1-3H3. The van der Waals surface area contributed by atoms with E-state index >= 15 is 0 Å². The lowest BCUT2D eigenvalue weighted by Crippen LogP contribution is -2.22. The molecule has 1 heterocycles. The highest BCUT2D eigenvalue weighted by Gasteiger charge is 2.15. The van der Waals surface area contributed by atoms with E-state index in [1.54, 1.807) is 10.7 Å². The second-order valence-corrected chi connectivity index (χ2v) is 4.63. The highest BCUT2D eigenvalue weighted by atomic mass is 19.1. The maximum Gasteiger partial charge on any atom is 0.127 e. The third-order valence-corrected chi connectivity index (χ3v) is 3.21. The largest absolute Gasteiger partial charge is 0.295 e. The van der Waals surface area contributed by atoms with E-state index in [9.17, 15) is 4.39 Å². The maximum absolute atomic E-state index is 13.7. The molecule has 3 nitrogen and oxygen atoms in total. The van der Waals surface area contributed by atoms with Gasteiger partial charge in [0.25, 0.3) is 0 Å². The molecule has 96 valence electrons. The number of hydrogen-bond acceptors (Lipinski definition) is 2. The predicted octanol–water partition coefficient (Wildman–Crippen LogP) is 2.75. The second-order valence-electron chi connectivity index (χ2n) is 4.63. The van der Waals surface area contributed by atoms with Gasteiger partial charge in [-0.25, -0.2) is 4.39 Å². The molecule has 4 heteroatoms. The third kappa shape index (κ3) is 2.76. The van der Waals surface area contributed by atoms with Crippen molar-refractivity contribution < 1.29 is 4.39 Å².